The summed E-state index contributed by atoms with van der Waals surface area (Å²) in [5.41, 5.74) is 3.70. The van der Waals surface area contributed by atoms with Crippen LogP contribution in [0.4, 0.5) is 11.4 Å². The Morgan fingerprint density at radius 3 is 2.47 bits per heavy atom. The van der Waals surface area contributed by atoms with Crippen LogP contribution in [0.25, 0.3) is 5.82 Å². The van der Waals surface area contributed by atoms with Gasteiger partial charge in [0.1, 0.15) is 12.1 Å². The SMILES string of the molecule is O=C(Nc1ccccc1N1CCN(CCc2ccncc2)CC1)c1ccc(-n2ccnc2)nc1. The number of aromatic nitrogens is 4. The molecule has 1 aliphatic rings. The van der Waals surface area contributed by atoms with E-state index in [9.17, 15) is 4.79 Å². The number of carbonyl (C=O) groups is 1. The molecule has 0 unspecified atom stereocenters. The average molecular weight is 454 g/mol. The molecule has 3 aromatic heterocycles. The summed E-state index contributed by atoms with van der Waals surface area (Å²) in [6, 6.07) is 15.7. The Kier molecular flexibility index (Phi) is 6.58. The lowest BCUT2D eigenvalue weighted by molar-refractivity contribution is 0.102. The number of nitrogens with one attached hydrogen (secondary N) is 1. The monoisotopic (exact) mass is 453 g/mol. The minimum atomic E-state index is -0.173. The second-order valence-electron chi connectivity index (χ2n) is 8.28. The largest absolute Gasteiger partial charge is 0.367 e. The quantitative estimate of drug-likeness (QED) is 0.463. The highest BCUT2D eigenvalue weighted by atomic mass is 16.1. The first-order valence-electron chi connectivity index (χ1n) is 11.5. The fraction of sp³-hybridized carbons (Fsp3) is 0.231. The molecule has 0 spiro atoms. The number of pyridine rings is 2. The third-order valence-electron chi connectivity index (χ3n) is 6.11. The maximum absolute atomic E-state index is 12.9. The van der Waals surface area contributed by atoms with Crippen LogP contribution in [0.1, 0.15) is 15.9 Å². The molecule has 8 heteroatoms. The van der Waals surface area contributed by atoms with Gasteiger partial charge in [0.25, 0.3) is 5.91 Å². The van der Waals surface area contributed by atoms with Crippen molar-refractivity contribution in [1.29, 1.82) is 0 Å². The van der Waals surface area contributed by atoms with E-state index in [1.807, 2.05) is 42.9 Å². The van der Waals surface area contributed by atoms with Crippen molar-refractivity contribution in [3.05, 3.63) is 97.0 Å². The summed E-state index contributed by atoms with van der Waals surface area (Å²) in [5.74, 6) is 0.546. The second-order valence-corrected chi connectivity index (χ2v) is 8.28. The summed E-state index contributed by atoms with van der Waals surface area (Å²) in [4.78, 5) is 30.3. The molecule has 172 valence electrons. The predicted molar refractivity (Wildman–Crippen MR) is 132 cm³/mol. The van der Waals surface area contributed by atoms with Crippen LogP contribution in [-0.4, -0.2) is 63.0 Å². The van der Waals surface area contributed by atoms with Crippen LogP contribution >= 0.6 is 0 Å². The zero-order valence-corrected chi connectivity index (χ0v) is 18.9. The van der Waals surface area contributed by atoms with Crippen molar-refractivity contribution in [2.75, 3.05) is 42.9 Å². The molecule has 1 saturated heterocycles. The van der Waals surface area contributed by atoms with Crippen LogP contribution < -0.4 is 10.2 Å². The number of imidazole rings is 1. The number of anilines is 2. The molecule has 34 heavy (non-hydrogen) atoms. The van der Waals surface area contributed by atoms with Gasteiger partial charge in [0, 0.05) is 63.7 Å². The van der Waals surface area contributed by atoms with Crippen molar-refractivity contribution in [1.82, 2.24) is 24.4 Å². The third kappa shape index (κ3) is 5.13. The smallest absolute Gasteiger partial charge is 0.257 e. The van der Waals surface area contributed by atoms with Crippen molar-refractivity contribution in [2.24, 2.45) is 0 Å². The number of hydrogen-bond acceptors (Lipinski definition) is 6. The lowest BCUT2D eigenvalue weighted by atomic mass is 10.1. The van der Waals surface area contributed by atoms with Gasteiger partial charge in [0.2, 0.25) is 0 Å². The highest BCUT2D eigenvalue weighted by Gasteiger charge is 2.20. The van der Waals surface area contributed by atoms with E-state index in [-0.39, 0.29) is 5.91 Å². The van der Waals surface area contributed by atoms with Gasteiger partial charge in [-0.2, -0.15) is 0 Å². The average Bonchev–Trinajstić information content (AvgIpc) is 3.44. The molecule has 8 nitrogen and oxygen atoms in total. The van der Waals surface area contributed by atoms with E-state index in [0.29, 0.717) is 5.56 Å². The highest BCUT2D eigenvalue weighted by molar-refractivity contribution is 6.05. The van der Waals surface area contributed by atoms with Crippen LogP contribution in [0.3, 0.4) is 0 Å². The summed E-state index contributed by atoms with van der Waals surface area (Å²) >= 11 is 0. The van der Waals surface area contributed by atoms with Gasteiger partial charge in [-0.25, -0.2) is 9.97 Å². The van der Waals surface area contributed by atoms with Crippen molar-refractivity contribution >= 4 is 17.3 Å². The Hall–Kier alpha value is -4.04. The van der Waals surface area contributed by atoms with Gasteiger partial charge >= 0.3 is 0 Å². The molecule has 0 aliphatic carbocycles. The molecule has 1 aromatic carbocycles. The Morgan fingerprint density at radius 2 is 1.74 bits per heavy atom. The number of amides is 1. The Labute approximate surface area is 198 Å². The van der Waals surface area contributed by atoms with E-state index in [2.05, 4.69) is 48.3 Å². The van der Waals surface area contributed by atoms with Gasteiger partial charge in [-0.3, -0.25) is 19.2 Å². The number of rotatable bonds is 7. The first-order valence-corrected chi connectivity index (χ1v) is 11.5. The standard InChI is InChI=1S/C26H27N7O/c34-26(22-5-6-25(29-19-22)33-14-12-28-20-33)30-23-3-1-2-4-24(23)32-17-15-31(16-18-32)13-9-21-7-10-27-11-8-21/h1-8,10-12,14,19-20H,9,13,15-18H2,(H,30,34). The summed E-state index contributed by atoms with van der Waals surface area (Å²) in [6.45, 7) is 4.87. The molecule has 0 radical (unpaired) electrons. The first-order chi connectivity index (χ1) is 16.8. The lowest BCUT2D eigenvalue weighted by Crippen LogP contribution is -2.47. The number of para-hydroxylation sites is 2. The molecule has 5 rings (SSSR count). The van der Waals surface area contributed by atoms with Crippen LogP contribution in [0.2, 0.25) is 0 Å². The number of carbonyl (C=O) groups excluding carboxylic acids is 1. The summed E-state index contributed by atoms with van der Waals surface area (Å²) in [7, 11) is 0. The first kappa shape index (κ1) is 21.8. The van der Waals surface area contributed by atoms with Crippen LogP contribution in [0.5, 0.6) is 0 Å². The van der Waals surface area contributed by atoms with Crippen molar-refractivity contribution in [3.8, 4) is 5.82 Å². The fourth-order valence-corrected chi connectivity index (χ4v) is 4.17. The maximum atomic E-state index is 12.9. The van der Waals surface area contributed by atoms with Crippen LogP contribution in [0, 0.1) is 0 Å². The third-order valence-corrected chi connectivity index (χ3v) is 6.11. The van der Waals surface area contributed by atoms with Gasteiger partial charge in [-0.1, -0.05) is 12.1 Å². The molecule has 1 N–H and O–H groups in total. The Balaban J connectivity index is 1.20. The topological polar surface area (TPSA) is 79.2 Å². The van der Waals surface area contributed by atoms with E-state index < -0.39 is 0 Å². The van der Waals surface area contributed by atoms with Crippen molar-refractivity contribution in [3.63, 3.8) is 0 Å². The molecule has 0 saturated carbocycles. The maximum Gasteiger partial charge on any atom is 0.257 e. The second kappa shape index (κ2) is 10.3. The number of piperazine rings is 1. The van der Waals surface area contributed by atoms with E-state index in [0.717, 1.165) is 56.3 Å². The van der Waals surface area contributed by atoms with Crippen LogP contribution in [-0.2, 0) is 6.42 Å². The minimum Gasteiger partial charge on any atom is -0.367 e. The van der Waals surface area contributed by atoms with E-state index in [1.54, 1.807) is 29.4 Å². The molecule has 1 fully saturated rings. The molecule has 4 aromatic rings. The molecular formula is C26H27N7O. The highest BCUT2D eigenvalue weighted by Crippen LogP contribution is 2.27. The van der Waals surface area contributed by atoms with E-state index in [4.69, 9.17) is 0 Å². The van der Waals surface area contributed by atoms with Gasteiger partial charge in [0.05, 0.1) is 16.9 Å². The fourth-order valence-electron chi connectivity index (χ4n) is 4.17. The number of nitrogens with zero attached hydrogens (tertiary/aromatic N) is 6. The molecule has 1 amide bonds. The summed E-state index contributed by atoms with van der Waals surface area (Å²) in [5, 5.41) is 3.08. The Morgan fingerprint density at radius 1 is 0.912 bits per heavy atom. The minimum absolute atomic E-state index is 0.173. The number of benzene rings is 1. The van der Waals surface area contributed by atoms with E-state index in [1.165, 1.54) is 5.56 Å². The van der Waals surface area contributed by atoms with Gasteiger partial charge in [0.15, 0.2) is 0 Å². The molecule has 4 heterocycles. The lowest BCUT2D eigenvalue weighted by Gasteiger charge is -2.37. The van der Waals surface area contributed by atoms with Gasteiger partial charge in [-0.15, -0.1) is 0 Å². The van der Waals surface area contributed by atoms with Crippen molar-refractivity contribution < 1.29 is 4.79 Å². The van der Waals surface area contributed by atoms with Crippen LogP contribution in [0.15, 0.2) is 85.8 Å². The summed E-state index contributed by atoms with van der Waals surface area (Å²) in [6.07, 6.45) is 11.5. The predicted octanol–water partition coefficient (Wildman–Crippen LogP) is 3.28. The molecule has 0 atom stereocenters. The van der Waals surface area contributed by atoms with Gasteiger partial charge < -0.3 is 10.2 Å². The summed E-state index contributed by atoms with van der Waals surface area (Å²) < 4.78 is 1.80. The zero-order chi connectivity index (χ0) is 23.2. The number of hydrogen-bond donors (Lipinski definition) is 1. The van der Waals surface area contributed by atoms with Gasteiger partial charge in [-0.05, 0) is 48.4 Å². The molecule has 1 aliphatic heterocycles. The molecular weight excluding hydrogens is 426 g/mol. The Bertz CT molecular complexity index is 1200. The zero-order valence-electron chi connectivity index (χ0n) is 18.9. The molecule has 0 bridgehead atoms. The normalized spacial score (nSPS) is 14.2. The van der Waals surface area contributed by atoms with E-state index >= 15 is 0 Å². The van der Waals surface area contributed by atoms with Crippen molar-refractivity contribution in [2.45, 2.75) is 6.42 Å².